The van der Waals surface area contributed by atoms with Gasteiger partial charge in [0.1, 0.15) is 16.3 Å². The molecule has 1 aromatic heterocycles. The third-order valence-electron chi connectivity index (χ3n) is 3.03. The Balaban J connectivity index is 1.84. The van der Waals surface area contributed by atoms with Crippen molar-refractivity contribution in [1.82, 2.24) is 4.98 Å². The first-order chi connectivity index (χ1) is 10.2. The molecule has 0 bridgehead atoms. The van der Waals surface area contributed by atoms with Gasteiger partial charge in [-0.3, -0.25) is 0 Å². The molecule has 6 heteroatoms. The Morgan fingerprint density at radius 2 is 2.00 bits per heavy atom. The van der Waals surface area contributed by atoms with Crippen molar-refractivity contribution in [3.8, 4) is 5.75 Å². The van der Waals surface area contributed by atoms with Crippen LogP contribution in [0.15, 0.2) is 36.4 Å². The highest BCUT2D eigenvalue weighted by Crippen LogP contribution is 2.28. The molecule has 2 aromatic carbocycles. The van der Waals surface area contributed by atoms with Gasteiger partial charge in [-0.05, 0) is 24.3 Å². The number of ether oxygens (including phenoxy) is 1. The second kappa shape index (κ2) is 5.65. The number of para-hydroxylation sites is 2. The Hall–Kier alpha value is -2.21. The highest BCUT2D eigenvalue weighted by Gasteiger charge is 2.12. The topological polar surface area (TPSA) is 34.1 Å². The van der Waals surface area contributed by atoms with Gasteiger partial charge in [0.25, 0.3) is 0 Å². The largest absolute Gasteiger partial charge is 0.495 e. The number of nitrogens with zero attached hydrogens (tertiary/aromatic N) is 1. The molecule has 0 aliphatic heterocycles. The molecule has 0 radical (unpaired) electrons. The molecular formula is C15H12F2N2OS. The number of benzene rings is 2. The van der Waals surface area contributed by atoms with E-state index in [0.717, 1.165) is 17.5 Å². The zero-order valence-electron chi connectivity index (χ0n) is 11.2. The highest BCUT2D eigenvalue weighted by atomic mass is 32.1. The smallest absolute Gasteiger partial charge is 0.185 e. The minimum absolute atomic E-state index is 0.0804. The normalized spacial score (nSPS) is 10.8. The van der Waals surface area contributed by atoms with Crippen LogP contribution in [0.5, 0.6) is 5.75 Å². The van der Waals surface area contributed by atoms with E-state index in [1.807, 2.05) is 24.3 Å². The van der Waals surface area contributed by atoms with Crippen molar-refractivity contribution in [3.05, 3.63) is 53.0 Å². The number of halogens is 2. The molecule has 0 aliphatic carbocycles. The first-order valence-corrected chi connectivity index (χ1v) is 7.11. The molecule has 1 heterocycles. The summed E-state index contributed by atoms with van der Waals surface area (Å²) in [5.41, 5.74) is 0.905. The van der Waals surface area contributed by atoms with Crippen LogP contribution in [-0.2, 0) is 6.54 Å². The summed E-state index contributed by atoms with van der Waals surface area (Å²) in [6, 6.07) is 10.1. The van der Waals surface area contributed by atoms with Crippen LogP contribution in [-0.4, -0.2) is 12.1 Å². The fourth-order valence-corrected chi connectivity index (χ4v) is 2.92. The van der Waals surface area contributed by atoms with Crippen molar-refractivity contribution < 1.29 is 13.5 Å². The zero-order chi connectivity index (χ0) is 14.8. The number of aromatic nitrogens is 1. The van der Waals surface area contributed by atoms with Crippen LogP contribution in [0.25, 0.3) is 10.2 Å². The number of hydrogen-bond donors (Lipinski definition) is 1. The van der Waals surface area contributed by atoms with Crippen molar-refractivity contribution in [3.63, 3.8) is 0 Å². The van der Waals surface area contributed by atoms with Crippen molar-refractivity contribution >= 4 is 27.2 Å². The number of nitrogens with one attached hydrogen (secondary N) is 1. The monoisotopic (exact) mass is 306 g/mol. The molecule has 0 saturated heterocycles. The number of rotatable bonds is 4. The molecule has 108 valence electrons. The molecule has 0 aliphatic rings. The molecular weight excluding hydrogens is 294 g/mol. The van der Waals surface area contributed by atoms with Gasteiger partial charge in [0.05, 0.1) is 24.0 Å². The lowest BCUT2D eigenvalue weighted by Gasteiger charge is -2.09. The van der Waals surface area contributed by atoms with E-state index in [4.69, 9.17) is 4.74 Å². The Kier molecular flexibility index (Phi) is 3.70. The molecule has 0 saturated carbocycles. The summed E-state index contributed by atoms with van der Waals surface area (Å²) in [7, 11) is 1.59. The SMILES string of the molecule is COc1ccccc1NCc1nc2c(F)c(F)ccc2s1. The van der Waals surface area contributed by atoms with Crippen LogP contribution >= 0.6 is 11.3 Å². The number of methoxy groups -OCH3 is 1. The lowest BCUT2D eigenvalue weighted by Crippen LogP contribution is -2.00. The Bertz CT molecular complexity index is 788. The maximum atomic E-state index is 13.6. The summed E-state index contributed by atoms with van der Waals surface area (Å²) in [4.78, 5) is 4.14. The molecule has 0 fully saturated rings. The summed E-state index contributed by atoms with van der Waals surface area (Å²) in [5.74, 6) is -1.06. The van der Waals surface area contributed by atoms with Gasteiger partial charge >= 0.3 is 0 Å². The zero-order valence-corrected chi connectivity index (χ0v) is 12.0. The van der Waals surface area contributed by atoms with Gasteiger partial charge in [-0.25, -0.2) is 13.8 Å². The molecule has 3 aromatic rings. The minimum Gasteiger partial charge on any atom is -0.495 e. The van der Waals surface area contributed by atoms with E-state index < -0.39 is 11.6 Å². The molecule has 21 heavy (non-hydrogen) atoms. The predicted octanol–water partition coefficient (Wildman–Crippen LogP) is 4.20. The van der Waals surface area contributed by atoms with Crippen molar-refractivity contribution in [2.45, 2.75) is 6.54 Å². The first-order valence-electron chi connectivity index (χ1n) is 6.29. The summed E-state index contributed by atoms with van der Waals surface area (Å²) in [6.07, 6.45) is 0. The fraction of sp³-hybridized carbons (Fsp3) is 0.133. The van der Waals surface area contributed by atoms with Crippen molar-refractivity contribution in [2.24, 2.45) is 0 Å². The number of hydrogen-bond acceptors (Lipinski definition) is 4. The number of fused-ring (bicyclic) bond motifs is 1. The lowest BCUT2D eigenvalue weighted by molar-refractivity contribution is 0.416. The second-order valence-corrected chi connectivity index (χ2v) is 5.48. The molecule has 3 rings (SSSR count). The number of thiazole rings is 1. The van der Waals surface area contributed by atoms with E-state index >= 15 is 0 Å². The van der Waals surface area contributed by atoms with E-state index in [0.29, 0.717) is 16.3 Å². The van der Waals surface area contributed by atoms with E-state index in [1.54, 1.807) is 7.11 Å². The molecule has 0 amide bonds. The fourth-order valence-electron chi connectivity index (χ4n) is 2.02. The Morgan fingerprint density at radius 1 is 1.19 bits per heavy atom. The molecule has 0 spiro atoms. The van der Waals surface area contributed by atoms with Gasteiger partial charge in [-0.15, -0.1) is 11.3 Å². The van der Waals surface area contributed by atoms with Crippen LogP contribution in [0, 0.1) is 11.6 Å². The van der Waals surface area contributed by atoms with E-state index in [-0.39, 0.29) is 5.52 Å². The molecule has 3 nitrogen and oxygen atoms in total. The second-order valence-electron chi connectivity index (χ2n) is 4.37. The van der Waals surface area contributed by atoms with Crippen LogP contribution in [0.3, 0.4) is 0 Å². The molecule has 1 N–H and O–H groups in total. The predicted molar refractivity (Wildman–Crippen MR) is 79.9 cm³/mol. The average Bonchev–Trinajstić information content (AvgIpc) is 2.93. The van der Waals surface area contributed by atoms with Crippen LogP contribution < -0.4 is 10.1 Å². The Labute approximate surface area is 124 Å². The summed E-state index contributed by atoms with van der Waals surface area (Å²) in [6.45, 7) is 0.417. The van der Waals surface area contributed by atoms with Crippen molar-refractivity contribution in [1.29, 1.82) is 0 Å². The molecule has 0 atom stereocenters. The van der Waals surface area contributed by atoms with E-state index in [1.165, 1.54) is 17.4 Å². The maximum Gasteiger partial charge on any atom is 0.185 e. The first kappa shape index (κ1) is 13.8. The van der Waals surface area contributed by atoms with Gasteiger partial charge in [-0.2, -0.15) is 0 Å². The summed E-state index contributed by atoms with van der Waals surface area (Å²) >= 11 is 1.33. The van der Waals surface area contributed by atoms with Gasteiger partial charge in [-0.1, -0.05) is 12.1 Å². The Morgan fingerprint density at radius 3 is 2.81 bits per heavy atom. The van der Waals surface area contributed by atoms with E-state index in [9.17, 15) is 8.78 Å². The number of anilines is 1. The maximum absolute atomic E-state index is 13.6. The van der Waals surface area contributed by atoms with Gasteiger partial charge in [0.15, 0.2) is 11.6 Å². The van der Waals surface area contributed by atoms with E-state index in [2.05, 4.69) is 10.3 Å². The van der Waals surface area contributed by atoms with Gasteiger partial charge < -0.3 is 10.1 Å². The van der Waals surface area contributed by atoms with Crippen LogP contribution in [0.1, 0.15) is 5.01 Å². The standard InChI is InChI=1S/C15H12F2N2OS/c1-20-11-5-3-2-4-10(11)18-8-13-19-15-12(21-13)7-6-9(16)14(15)17/h2-7,18H,8H2,1H3. The average molecular weight is 306 g/mol. The molecule has 0 unspecified atom stereocenters. The lowest BCUT2D eigenvalue weighted by atomic mass is 10.3. The third-order valence-corrected chi connectivity index (χ3v) is 4.05. The van der Waals surface area contributed by atoms with Crippen LogP contribution in [0.4, 0.5) is 14.5 Å². The summed E-state index contributed by atoms with van der Waals surface area (Å²) in [5, 5.41) is 3.86. The van der Waals surface area contributed by atoms with Gasteiger partial charge in [0.2, 0.25) is 0 Å². The van der Waals surface area contributed by atoms with Gasteiger partial charge in [0, 0.05) is 0 Å². The minimum atomic E-state index is -0.896. The van der Waals surface area contributed by atoms with Crippen molar-refractivity contribution in [2.75, 3.05) is 12.4 Å². The summed E-state index contributed by atoms with van der Waals surface area (Å²) < 4.78 is 32.7. The highest BCUT2D eigenvalue weighted by molar-refractivity contribution is 7.18. The van der Waals surface area contributed by atoms with Crippen LogP contribution in [0.2, 0.25) is 0 Å². The quantitative estimate of drug-likeness (QED) is 0.784. The third kappa shape index (κ3) is 2.67.